The largest absolute Gasteiger partial charge is 0.486 e. The summed E-state index contributed by atoms with van der Waals surface area (Å²) in [5, 5.41) is 14.6. The zero-order valence-electron chi connectivity index (χ0n) is 18.7. The highest BCUT2D eigenvalue weighted by molar-refractivity contribution is 7.80. The van der Waals surface area contributed by atoms with Gasteiger partial charge in [0.2, 0.25) is 0 Å². The van der Waals surface area contributed by atoms with E-state index in [4.69, 9.17) is 43.4 Å². The molecular weight excluding hydrogens is 472 g/mol. The summed E-state index contributed by atoms with van der Waals surface area (Å²) >= 11 is 11.1. The minimum Gasteiger partial charge on any atom is -0.486 e. The van der Waals surface area contributed by atoms with Crippen molar-refractivity contribution in [1.29, 1.82) is 0 Å². The van der Waals surface area contributed by atoms with Crippen molar-refractivity contribution in [1.82, 2.24) is 10.6 Å². The summed E-state index contributed by atoms with van der Waals surface area (Å²) in [4.78, 5) is 0. The van der Waals surface area contributed by atoms with Gasteiger partial charge in [0.05, 0.1) is 0 Å². The zero-order chi connectivity index (χ0) is 23.3. The van der Waals surface area contributed by atoms with E-state index in [2.05, 4.69) is 21.3 Å². The smallest absolute Gasteiger partial charge is 0.170 e. The molecule has 180 valence electrons. The first kappa shape index (κ1) is 22.8. The summed E-state index contributed by atoms with van der Waals surface area (Å²) in [7, 11) is 0. The van der Waals surface area contributed by atoms with Crippen LogP contribution in [0.4, 0.5) is 11.4 Å². The number of benzene rings is 2. The van der Waals surface area contributed by atoms with Gasteiger partial charge >= 0.3 is 0 Å². The molecule has 0 saturated heterocycles. The van der Waals surface area contributed by atoms with Gasteiger partial charge in [-0.3, -0.25) is 0 Å². The van der Waals surface area contributed by atoms with Crippen molar-refractivity contribution in [2.24, 2.45) is 0 Å². The first-order chi connectivity index (χ1) is 16.6. The normalized spacial score (nSPS) is 20.6. The molecule has 0 bridgehead atoms. The summed E-state index contributed by atoms with van der Waals surface area (Å²) < 4.78 is 22.4. The highest BCUT2D eigenvalue weighted by Gasteiger charge is 2.22. The standard InChI is InChI=1S/C24H28N4O4S2/c33-23(27-17-5-7-19-21(13-17)31-11-9-29-19)25-15-1-2-16(4-3-15)26-24(34)28-18-6-8-20-22(14-18)32-12-10-30-20/h5-8,13-16H,1-4,9-12H2,(H2,25,27,33)(H2,26,28,34). The predicted molar refractivity (Wildman–Crippen MR) is 140 cm³/mol. The Labute approximate surface area is 209 Å². The second kappa shape index (κ2) is 10.5. The Hall–Kier alpha value is -2.98. The first-order valence-electron chi connectivity index (χ1n) is 11.6. The Morgan fingerprint density at radius 1 is 0.588 bits per heavy atom. The van der Waals surface area contributed by atoms with Crippen molar-refractivity contribution in [3.05, 3.63) is 36.4 Å². The van der Waals surface area contributed by atoms with Gasteiger partial charge < -0.3 is 40.2 Å². The Kier molecular flexibility index (Phi) is 7.05. The van der Waals surface area contributed by atoms with E-state index in [-0.39, 0.29) is 0 Å². The molecule has 1 saturated carbocycles. The lowest BCUT2D eigenvalue weighted by molar-refractivity contribution is 0.171. The minimum absolute atomic E-state index is 0.328. The topological polar surface area (TPSA) is 85.0 Å². The summed E-state index contributed by atoms with van der Waals surface area (Å²) in [6.07, 6.45) is 4.03. The van der Waals surface area contributed by atoms with Crippen LogP contribution in [0.15, 0.2) is 36.4 Å². The molecule has 2 aromatic rings. The number of nitrogens with one attached hydrogen (secondary N) is 4. The average Bonchev–Trinajstić information content (AvgIpc) is 2.85. The highest BCUT2D eigenvalue weighted by atomic mass is 32.1. The van der Waals surface area contributed by atoms with Crippen LogP contribution in [0, 0.1) is 0 Å². The van der Waals surface area contributed by atoms with Crippen LogP contribution in [-0.2, 0) is 0 Å². The number of rotatable bonds is 4. The first-order valence-corrected chi connectivity index (χ1v) is 12.4. The van der Waals surface area contributed by atoms with E-state index in [0.717, 1.165) is 60.1 Å². The van der Waals surface area contributed by atoms with Gasteiger partial charge in [-0.15, -0.1) is 0 Å². The summed E-state index contributed by atoms with van der Waals surface area (Å²) in [6, 6.07) is 12.2. The average molecular weight is 501 g/mol. The molecule has 2 heterocycles. The van der Waals surface area contributed by atoms with Crippen molar-refractivity contribution in [2.45, 2.75) is 37.8 Å². The fourth-order valence-corrected chi connectivity index (χ4v) is 4.90. The van der Waals surface area contributed by atoms with Crippen molar-refractivity contribution in [3.8, 4) is 23.0 Å². The van der Waals surface area contributed by atoms with E-state index < -0.39 is 0 Å². The minimum atomic E-state index is 0.328. The Morgan fingerprint density at radius 3 is 1.38 bits per heavy atom. The molecule has 10 heteroatoms. The molecule has 3 aliphatic rings. The molecule has 1 fully saturated rings. The number of fused-ring (bicyclic) bond motifs is 2. The number of anilines is 2. The lowest BCUT2D eigenvalue weighted by Gasteiger charge is -2.31. The second-order valence-electron chi connectivity index (χ2n) is 8.46. The van der Waals surface area contributed by atoms with Crippen LogP contribution in [0.2, 0.25) is 0 Å². The molecule has 0 amide bonds. The van der Waals surface area contributed by atoms with Gasteiger partial charge in [-0.2, -0.15) is 0 Å². The fourth-order valence-electron chi connectivity index (χ4n) is 4.33. The molecule has 2 aromatic carbocycles. The molecule has 0 unspecified atom stereocenters. The third-order valence-corrected chi connectivity index (χ3v) is 6.44. The molecule has 0 aromatic heterocycles. The van der Waals surface area contributed by atoms with Crippen LogP contribution in [0.5, 0.6) is 23.0 Å². The van der Waals surface area contributed by atoms with Crippen LogP contribution in [-0.4, -0.2) is 48.7 Å². The monoisotopic (exact) mass is 500 g/mol. The molecule has 1 aliphatic carbocycles. The molecule has 8 nitrogen and oxygen atoms in total. The van der Waals surface area contributed by atoms with Gasteiger partial charge in [0.15, 0.2) is 33.2 Å². The van der Waals surface area contributed by atoms with E-state index in [1.165, 1.54) is 0 Å². The molecule has 0 radical (unpaired) electrons. The fraction of sp³-hybridized carbons (Fsp3) is 0.417. The van der Waals surface area contributed by atoms with E-state index in [1.807, 2.05) is 36.4 Å². The van der Waals surface area contributed by atoms with Crippen molar-refractivity contribution in [3.63, 3.8) is 0 Å². The molecule has 4 N–H and O–H groups in total. The molecule has 34 heavy (non-hydrogen) atoms. The van der Waals surface area contributed by atoms with Gasteiger partial charge in [0.1, 0.15) is 26.4 Å². The molecular formula is C24H28N4O4S2. The predicted octanol–water partition coefficient (Wildman–Crippen LogP) is 3.81. The van der Waals surface area contributed by atoms with Crippen LogP contribution < -0.4 is 40.2 Å². The second-order valence-corrected chi connectivity index (χ2v) is 9.28. The van der Waals surface area contributed by atoms with Crippen molar-refractivity contribution >= 4 is 46.0 Å². The zero-order valence-corrected chi connectivity index (χ0v) is 20.4. The van der Waals surface area contributed by atoms with Crippen LogP contribution in [0.1, 0.15) is 25.7 Å². The summed E-state index contributed by atoms with van der Waals surface area (Å²) in [5.41, 5.74) is 1.76. The van der Waals surface area contributed by atoms with Gasteiger partial charge in [-0.25, -0.2) is 0 Å². The van der Waals surface area contributed by atoms with Gasteiger partial charge in [-0.1, -0.05) is 0 Å². The number of ether oxygens (including phenoxy) is 4. The maximum atomic E-state index is 5.64. The third-order valence-electron chi connectivity index (χ3n) is 6.00. The van der Waals surface area contributed by atoms with Crippen molar-refractivity contribution < 1.29 is 18.9 Å². The number of hydrogen-bond acceptors (Lipinski definition) is 6. The third kappa shape index (κ3) is 5.74. The SMILES string of the molecule is S=C(Nc1ccc2c(c1)OCCO2)NC1CCC(NC(=S)Nc2ccc3c(c2)OCCO3)CC1. The van der Waals surface area contributed by atoms with Crippen LogP contribution in [0.3, 0.4) is 0 Å². The summed E-state index contributed by atoms with van der Waals surface area (Å²) in [6.45, 7) is 2.28. The number of thiocarbonyl (C=S) groups is 2. The molecule has 5 rings (SSSR count). The Morgan fingerprint density at radius 2 is 0.971 bits per heavy atom. The lowest BCUT2D eigenvalue weighted by atomic mass is 9.91. The molecule has 0 spiro atoms. The van der Waals surface area contributed by atoms with Crippen LogP contribution >= 0.6 is 24.4 Å². The van der Waals surface area contributed by atoms with Crippen LogP contribution in [0.25, 0.3) is 0 Å². The Balaban J connectivity index is 1.04. The van der Waals surface area contributed by atoms with E-state index >= 15 is 0 Å². The maximum Gasteiger partial charge on any atom is 0.170 e. The quantitative estimate of drug-likeness (QED) is 0.465. The van der Waals surface area contributed by atoms with E-state index in [1.54, 1.807) is 0 Å². The maximum absolute atomic E-state index is 5.64. The van der Waals surface area contributed by atoms with E-state index in [9.17, 15) is 0 Å². The van der Waals surface area contributed by atoms with Gasteiger partial charge in [0, 0.05) is 35.6 Å². The highest BCUT2D eigenvalue weighted by Crippen LogP contribution is 2.33. The van der Waals surface area contributed by atoms with Gasteiger partial charge in [-0.05, 0) is 74.4 Å². The Bertz CT molecular complexity index is 976. The lowest BCUT2D eigenvalue weighted by Crippen LogP contribution is -2.45. The van der Waals surface area contributed by atoms with Gasteiger partial charge in [0.25, 0.3) is 0 Å². The van der Waals surface area contributed by atoms with E-state index in [0.29, 0.717) is 48.7 Å². The van der Waals surface area contributed by atoms with Crippen molar-refractivity contribution in [2.75, 3.05) is 37.1 Å². The molecule has 2 aliphatic heterocycles. The number of hydrogen-bond donors (Lipinski definition) is 4. The molecule has 0 atom stereocenters. The summed E-state index contributed by atoms with van der Waals surface area (Å²) in [5.74, 6) is 3.02.